The van der Waals surface area contributed by atoms with Crippen LogP contribution in [0.5, 0.6) is 0 Å². The molecule has 2 saturated heterocycles. The summed E-state index contributed by atoms with van der Waals surface area (Å²) in [5.41, 5.74) is 2.21. The summed E-state index contributed by atoms with van der Waals surface area (Å²) in [5, 5.41) is 2.88. The van der Waals surface area contributed by atoms with Gasteiger partial charge in [-0.1, -0.05) is 0 Å². The van der Waals surface area contributed by atoms with Gasteiger partial charge in [-0.2, -0.15) is 0 Å². The predicted octanol–water partition coefficient (Wildman–Crippen LogP) is 2.00. The molecule has 2 aliphatic heterocycles. The van der Waals surface area contributed by atoms with Crippen LogP contribution >= 0.6 is 0 Å². The summed E-state index contributed by atoms with van der Waals surface area (Å²) >= 11 is 0. The van der Waals surface area contributed by atoms with Crippen LogP contribution in [0.2, 0.25) is 0 Å². The first-order chi connectivity index (χ1) is 14.1. The molecule has 0 spiro atoms. The Kier molecular flexibility index (Phi) is 5.59. The monoisotopic (exact) mass is 394 g/mol. The number of piperazine rings is 1. The van der Waals surface area contributed by atoms with Crippen LogP contribution < -0.4 is 15.1 Å². The molecule has 3 heterocycles. The first-order valence-electron chi connectivity index (χ1n) is 10.1. The molecular formula is C21H26N6O2. The smallest absolute Gasteiger partial charge is 0.275 e. The second kappa shape index (κ2) is 8.46. The van der Waals surface area contributed by atoms with Gasteiger partial charge < -0.3 is 20.0 Å². The number of carbonyl (C=O) groups excluding carboxylic acids is 2. The molecule has 1 aromatic heterocycles. The number of nitrogens with one attached hydrogen (secondary N) is 1. The average molecular weight is 394 g/mol. The van der Waals surface area contributed by atoms with Gasteiger partial charge in [0.1, 0.15) is 11.5 Å². The van der Waals surface area contributed by atoms with Gasteiger partial charge in [0.2, 0.25) is 5.91 Å². The van der Waals surface area contributed by atoms with Gasteiger partial charge in [-0.15, -0.1) is 0 Å². The highest BCUT2D eigenvalue weighted by atomic mass is 16.2. The number of anilines is 3. The van der Waals surface area contributed by atoms with Crippen molar-refractivity contribution in [1.82, 2.24) is 14.9 Å². The first-order valence-corrected chi connectivity index (χ1v) is 10.1. The molecule has 8 heteroatoms. The summed E-state index contributed by atoms with van der Waals surface area (Å²) in [6.07, 6.45) is 5.59. The van der Waals surface area contributed by atoms with Gasteiger partial charge >= 0.3 is 0 Å². The van der Waals surface area contributed by atoms with E-state index in [4.69, 9.17) is 0 Å². The van der Waals surface area contributed by atoms with E-state index >= 15 is 0 Å². The normalized spacial score (nSPS) is 16.8. The van der Waals surface area contributed by atoms with Crippen LogP contribution in [0.3, 0.4) is 0 Å². The Labute approximate surface area is 170 Å². The van der Waals surface area contributed by atoms with Crippen LogP contribution in [0, 0.1) is 0 Å². The highest BCUT2D eigenvalue weighted by molar-refractivity contribution is 6.02. The van der Waals surface area contributed by atoms with E-state index in [9.17, 15) is 9.59 Å². The summed E-state index contributed by atoms with van der Waals surface area (Å²) in [7, 11) is 0. The lowest BCUT2D eigenvalue weighted by Crippen LogP contribution is -2.48. The fourth-order valence-electron chi connectivity index (χ4n) is 3.78. The van der Waals surface area contributed by atoms with Crippen molar-refractivity contribution in [2.75, 3.05) is 54.4 Å². The molecule has 0 bridgehead atoms. The zero-order chi connectivity index (χ0) is 20.2. The van der Waals surface area contributed by atoms with Gasteiger partial charge in [0.25, 0.3) is 5.91 Å². The number of hydrogen-bond acceptors (Lipinski definition) is 6. The van der Waals surface area contributed by atoms with Gasteiger partial charge in [-0.25, -0.2) is 9.97 Å². The minimum Gasteiger partial charge on any atom is -0.372 e. The molecule has 2 fully saturated rings. The molecule has 1 N–H and O–H groups in total. The average Bonchev–Trinajstić information content (AvgIpc) is 3.29. The third kappa shape index (κ3) is 4.47. The maximum Gasteiger partial charge on any atom is 0.275 e. The van der Waals surface area contributed by atoms with Crippen molar-refractivity contribution in [3.05, 3.63) is 42.4 Å². The predicted molar refractivity (Wildman–Crippen MR) is 112 cm³/mol. The highest BCUT2D eigenvalue weighted by Gasteiger charge is 2.20. The Bertz CT molecular complexity index is 854. The van der Waals surface area contributed by atoms with Crippen LogP contribution in [0.15, 0.2) is 36.7 Å². The van der Waals surface area contributed by atoms with Crippen molar-refractivity contribution in [3.8, 4) is 0 Å². The molecule has 1 aromatic carbocycles. The summed E-state index contributed by atoms with van der Waals surface area (Å²) in [6.45, 7) is 6.55. The maximum absolute atomic E-state index is 12.5. The van der Waals surface area contributed by atoms with Gasteiger partial charge in [0.15, 0.2) is 0 Å². The van der Waals surface area contributed by atoms with Crippen LogP contribution in [-0.4, -0.2) is 66.0 Å². The number of nitrogens with zero attached hydrogens (tertiary/aromatic N) is 5. The number of hydrogen-bond donors (Lipinski definition) is 1. The van der Waals surface area contributed by atoms with E-state index in [1.165, 1.54) is 24.7 Å². The number of aromatic nitrogens is 2. The van der Waals surface area contributed by atoms with Crippen molar-refractivity contribution in [2.45, 2.75) is 19.8 Å². The largest absolute Gasteiger partial charge is 0.372 e. The second-order valence-corrected chi connectivity index (χ2v) is 7.45. The molecule has 2 aliphatic rings. The van der Waals surface area contributed by atoms with Crippen molar-refractivity contribution in [2.24, 2.45) is 0 Å². The lowest BCUT2D eigenvalue weighted by molar-refractivity contribution is -0.129. The number of carbonyl (C=O) groups is 2. The summed E-state index contributed by atoms with van der Waals surface area (Å²) in [4.78, 5) is 38.8. The molecule has 2 aromatic rings. The van der Waals surface area contributed by atoms with E-state index in [0.717, 1.165) is 24.6 Å². The van der Waals surface area contributed by atoms with E-state index < -0.39 is 0 Å². The van der Waals surface area contributed by atoms with Crippen molar-refractivity contribution in [1.29, 1.82) is 0 Å². The molecule has 4 rings (SSSR count). The van der Waals surface area contributed by atoms with E-state index in [1.807, 2.05) is 29.2 Å². The topological polar surface area (TPSA) is 81.7 Å². The van der Waals surface area contributed by atoms with Crippen LogP contribution in [0.1, 0.15) is 30.3 Å². The number of benzene rings is 1. The molecule has 0 unspecified atom stereocenters. The Hall–Kier alpha value is -3.16. The third-order valence-corrected chi connectivity index (χ3v) is 5.52. The Morgan fingerprint density at radius 1 is 0.862 bits per heavy atom. The molecule has 0 saturated carbocycles. The van der Waals surface area contributed by atoms with Gasteiger partial charge in [0, 0.05) is 57.6 Å². The van der Waals surface area contributed by atoms with E-state index in [2.05, 4.69) is 25.1 Å². The molecule has 152 valence electrons. The van der Waals surface area contributed by atoms with Crippen molar-refractivity contribution >= 4 is 29.0 Å². The molecular weight excluding hydrogens is 368 g/mol. The Balaban J connectivity index is 1.34. The van der Waals surface area contributed by atoms with Gasteiger partial charge in [-0.05, 0) is 37.1 Å². The number of amides is 2. The molecule has 29 heavy (non-hydrogen) atoms. The van der Waals surface area contributed by atoms with Gasteiger partial charge in [0.05, 0.1) is 12.4 Å². The number of rotatable bonds is 4. The molecule has 8 nitrogen and oxygen atoms in total. The zero-order valence-electron chi connectivity index (χ0n) is 16.7. The van der Waals surface area contributed by atoms with Crippen molar-refractivity contribution < 1.29 is 9.59 Å². The lowest BCUT2D eigenvalue weighted by Gasteiger charge is -2.34. The van der Waals surface area contributed by atoms with E-state index in [0.29, 0.717) is 26.2 Å². The summed E-state index contributed by atoms with van der Waals surface area (Å²) in [5.74, 6) is 0.537. The zero-order valence-corrected chi connectivity index (χ0v) is 16.7. The molecule has 0 radical (unpaired) electrons. The minimum atomic E-state index is -0.278. The quantitative estimate of drug-likeness (QED) is 0.854. The fourth-order valence-corrected chi connectivity index (χ4v) is 3.78. The highest BCUT2D eigenvalue weighted by Crippen LogP contribution is 2.22. The standard InChI is InChI=1S/C21H26N6O2/c1-16(28)25-10-12-27(13-11-25)20-15-22-19(14-23-20)21(29)24-17-4-6-18(7-5-17)26-8-2-3-9-26/h4-7,14-15H,2-3,8-13H2,1H3,(H,24,29). The fraction of sp³-hybridized carbons (Fsp3) is 0.429. The van der Waals surface area contributed by atoms with Crippen LogP contribution in [0.4, 0.5) is 17.2 Å². The molecule has 0 atom stereocenters. The first kappa shape index (κ1) is 19.2. The summed E-state index contributed by atoms with van der Waals surface area (Å²) in [6, 6.07) is 7.91. The minimum absolute atomic E-state index is 0.0937. The summed E-state index contributed by atoms with van der Waals surface area (Å²) < 4.78 is 0. The van der Waals surface area contributed by atoms with Crippen molar-refractivity contribution in [3.63, 3.8) is 0 Å². The second-order valence-electron chi connectivity index (χ2n) is 7.45. The lowest BCUT2D eigenvalue weighted by atomic mass is 10.2. The third-order valence-electron chi connectivity index (χ3n) is 5.52. The Morgan fingerprint density at radius 2 is 1.55 bits per heavy atom. The Morgan fingerprint density at radius 3 is 2.14 bits per heavy atom. The molecule has 0 aliphatic carbocycles. The van der Waals surface area contributed by atoms with E-state index in [-0.39, 0.29) is 17.5 Å². The maximum atomic E-state index is 12.5. The van der Waals surface area contributed by atoms with Gasteiger partial charge in [-0.3, -0.25) is 9.59 Å². The van der Waals surface area contributed by atoms with Crippen LogP contribution in [0.25, 0.3) is 0 Å². The van der Waals surface area contributed by atoms with Crippen LogP contribution in [-0.2, 0) is 4.79 Å². The SMILES string of the molecule is CC(=O)N1CCN(c2cnc(C(=O)Nc3ccc(N4CCCC4)cc3)cn2)CC1. The molecule has 2 amide bonds. The van der Waals surface area contributed by atoms with E-state index in [1.54, 1.807) is 13.1 Å².